The predicted molar refractivity (Wildman–Crippen MR) is 108 cm³/mol. The largest absolute Gasteiger partial charge is 0.285 e. The molecule has 1 aliphatic heterocycles. The van der Waals surface area contributed by atoms with Crippen LogP contribution in [0.3, 0.4) is 0 Å². The van der Waals surface area contributed by atoms with Crippen LogP contribution in [0.4, 0.5) is 0 Å². The maximum absolute atomic E-state index is 12.6. The Bertz CT molecular complexity index is 1100. The smallest absolute Gasteiger partial charge is 0.267 e. The predicted octanol–water partition coefficient (Wildman–Crippen LogP) is 3.18. The van der Waals surface area contributed by atoms with Gasteiger partial charge in [-0.15, -0.1) is 0 Å². The highest BCUT2D eigenvalue weighted by Gasteiger charge is 2.33. The second kappa shape index (κ2) is 7.26. The minimum atomic E-state index is -0.432. The Balaban J connectivity index is 1.56. The standard InChI is InChI=1S/C19H12N4O2S2/c24-17(13-7-9-20-10-8-13)22-23-18(25)16(27-19(23)26)11-14-6-5-12-3-1-2-4-15(12)21-14/h1-11H,(H,22,24)/b16-11-. The van der Waals surface area contributed by atoms with Crippen molar-refractivity contribution in [3.63, 3.8) is 0 Å². The van der Waals surface area contributed by atoms with E-state index in [-0.39, 0.29) is 10.2 Å². The molecule has 27 heavy (non-hydrogen) atoms. The van der Waals surface area contributed by atoms with Crippen LogP contribution in [-0.4, -0.2) is 31.1 Å². The first-order chi connectivity index (χ1) is 13.1. The Morgan fingerprint density at radius 2 is 1.89 bits per heavy atom. The number of para-hydroxylation sites is 1. The number of nitrogens with zero attached hydrogens (tertiary/aromatic N) is 3. The van der Waals surface area contributed by atoms with E-state index in [1.54, 1.807) is 18.2 Å². The summed E-state index contributed by atoms with van der Waals surface area (Å²) in [6.45, 7) is 0. The SMILES string of the molecule is O=C(NN1C(=O)/C(=C/c2ccc3ccccc3n2)SC1=S)c1ccncc1. The van der Waals surface area contributed by atoms with Crippen molar-refractivity contribution in [3.05, 3.63) is 77.1 Å². The molecule has 0 atom stereocenters. The molecule has 1 aromatic carbocycles. The number of benzene rings is 1. The first kappa shape index (κ1) is 17.3. The molecular weight excluding hydrogens is 380 g/mol. The third-order valence-corrected chi connectivity index (χ3v) is 5.15. The number of amides is 2. The zero-order valence-corrected chi connectivity index (χ0v) is 15.5. The summed E-state index contributed by atoms with van der Waals surface area (Å²) in [4.78, 5) is 33.7. The van der Waals surface area contributed by atoms with Gasteiger partial charge in [0.1, 0.15) is 0 Å². The molecule has 3 aromatic rings. The van der Waals surface area contributed by atoms with Crippen LogP contribution in [0.5, 0.6) is 0 Å². The van der Waals surface area contributed by atoms with Gasteiger partial charge in [0.15, 0.2) is 4.32 Å². The van der Waals surface area contributed by atoms with Crippen molar-refractivity contribution < 1.29 is 9.59 Å². The van der Waals surface area contributed by atoms with E-state index in [0.717, 1.165) is 27.7 Å². The van der Waals surface area contributed by atoms with Gasteiger partial charge in [-0.3, -0.25) is 20.0 Å². The van der Waals surface area contributed by atoms with Crippen LogP contribution < -0.4 is 5.43 Å². The highest BCUT2D eigenvalue weighted by molar-refractivity contribution is 8.26. The summed E-state index contributed by atoms with van der Waals surface area (Å²) in [5.74, 6) is -0.818. The van der Waals surface area contributed by atoms with Crippen LogP contribution in [0.2, 0.25) is 0 Å². The molecule has 0 unspecified atom stereocenters. The van der Waals surface area contributed by atoms with E-state index in [0.29, 0.717) is 16.2 Å². The number of rotatable bonds is 3. The fourth-order valence-electron chi connectivity index (χ4n) is 2.53. The zero-order valence-electron chi connectivity index (χ0n) is 13.8. The van der Waals surface area contributed by atoms with Crippen molar-refractivity contribution >= 4 is 57.1 Å². The molecule has 1 fully saturated rings. The highest BCUT2D eigenvalue weighted by atomic mass is 32.2. The van der Waals surface area contributed by atoms with E-state index in [4.69, 9.17) is 12.2 Å². The second-order valence-corrected chi connectivity index (χ2v) is 7.30. The van der Waals surface area contributed by atoms with E-state index < -0.39 is 5.91 Å². The van der Waals surface area contributed by atoms with Crippen molar-refractivity contribution in [2.45, 2.75) is 0 Å². The molecule has 1 aliphatic rings. The molecule has 0 aliphatic carbocycles. The van der Waals surface area contributed by atoms with Crippen molar-refractivity contribution in [1.29, 1.82) is 0 Å². The van der Waals surface area contributed by atoms with Crippen molar-refractivity contribution in [3.8, 4) is 0 Å². The molecule has 0 bridgehead atoms. The summed E-state index contributed by atoms with van der Waals surface area (Å²) < 4.78 is 0.259. The lowest BCUT2D eigenvalue weighted by Gasteiger charge is -2.15. The zero-order chi connectivity index (χ0) is 18.8. The van der Waals surface area contributed by atoms with Gasteiger partial charge in [0.05, 0.1) is 16.1 Å². The van der Waals surface area contributed by atoms with Crippen LogP contribution in [0.1, 0.15) is 16.1 Å². The molecule has 3 heterocycles. The normalized spacial score (nSPS) is 15.6. The van der Waals surface area contributed by atoms with Crippen LogP contribution in [0, 0.1) is 0 Å². The second-order valence-electron chi connectivity index (χ2n) is 5.62. The summed E-state index contributed by atoms with van der Waals surface area (Å²) in [5.41, 5.74) is 4.41. The Kier molecular flexibility index (Phi) is 4.66. The highest BCUT2D eigenvalue weighted by Crippen LogP contribution is 2.31. The fraction of sp³-hybridized carbons (Fsp3) is 0. The van der Waals surface area contributed by atoms with Gasteiger partial charge in [0.2, 0.25) is 0 Å². The lowest BCUT2D eigenvalue weighted by molar-refractivity contribution is -0.123. The Hall–Kier alpha value is -3.10. The number of thioether (sulfide) groups is 1. The molecule has 4 rings (SSSR count). The van der Waals surface area contributed by atoms with Gasteiger partial charge >= 0.3 is 0 Å². The number of carbonyl (C=O) groups excluding carboxylic acids is 2. The van der Waals surface area contributed by atoms with Gasteiger partial charge < -0.3 is 0 Å². The molecule has 0 saturated carbocycles. The molecular formula is C19H12N4O2S2. The van der Waals surface area contributed by atoms with Crippen molar-refractivity contribution in [2.75, 3.05) is 0 Å². The quantitative estimate of drug-likeness (QED) is 0.545. The van der Waals surface area contributed by atoms with Crippen LogP contribution >= 0.6 is 24.0 Å². The summed E-state index contributed by atoms with van der Waals surface area (Å²) in [6.07, 6.45) is 4.68. The third-order valence-electron chi connectivity index (χ3n) is 3.85. The maximum atomic E-state index is 12.6. The topological polar surface area (TPSA) is 75.2 Å². The van der Waals surface area contributed by atoms with Gasteiger partial charge in [-0.2, -0.15) is 5.01 Å². The lowest BCUT2D eigenvalue weighted by Crippen LogP contribution is -2.44. The molecule has 0 radical (unpaired) electrons. The summed E-state index contributed by atoms with van der Waals surface area (Å²) in [6, 6.07) is 14.6. The Labute approximate surface area is 164 Å². The Morgan fingerprint density at radius 1 is 1.11 bits per heavy atom. The molecule has 8 heteroatoms. The van der Waals surface area contributed by atoms with Crippen LogP contribution in [0.25, 0.3) is 17.0 Å². The number of fused-ring (bicyclic) bond motifs is 1. The number of hydrogen-bond acceptors (Lipinski definition) is 6. The fourth-order valence-corrected chi connectivity index (χ4v) is 3.69. The van der Waals surface area contributed by atoms with E-state index in [2.05, 4.69) is 15.4 Å². The first-order valence-electron chi connectivity index (χ1n) is 7.96. The average molecular weight is 392 g/mol. The summed E-state index contributed by atoms with van der Waals surface area (Å²) in [5, 5.41) is 2.10. The monoisotopic (exact) mass is 392 g/mol. The summed E-state index contributed by atoms with van der Waals surface area (Å²) >= 11 is 6.36. The number of carbonyl (C=O) groups is 2. The number of hydrazine groups is 1. The van der Waals surface area contributed by atoms with Gasteiger partial charge in [-0.05, 0) is 42.6 Å². The average Bonchev–Trinajstić information content (AvgIpc) is 2.96. The summed E-state index contributed by atoms with van der Waals surface area (Å²) in [7, 11) is 0. The number of nitrogens with one attached hydrogen (secondary N) is 1. The first-order valence-corrected chi connectivity index (χ1v) is 9.19. The maximum Gasteiger partial charge on any atom is 0.285 e. The lowest BCUT2D eigenvalue weighted by atomic mass is 10.2. The van der Waals surface area contributed by atoms with Gasteiger partial charge in [-0.1, -0.05) is 36.0 Å². The molecule has 132 valence electrons. The van der Waals surface area contributed by atoms with Crippen LogP contribution in [-0.2, 0) is 4.79 Å². The molecule has 6 nitrogen and oxygen atoms in total. The minimum absolute atomic E-state index is 0.259. The number of thiocarbonyl (C=S) groups is 1. The van der Waals surface area contributed by atoms with Gasteiger partial charge in [-0.25, -0.2) is 4.98 Å². The molecule has 2 aromatic heterocycles. The molecule has 0 spiro atoms. The van der Waals surface area contributed by atoms with Crippen molar-refractivity contribution in [1.82, 2.24) is 20.4 Å². The van der Waals surface area contributed by atoms with E-state index >= 15 is 0 Å². The number of pyridine rings is 2. The van der Waals surface area contributed by atoms with Crippen molar-refractivity contribution in [2.24, 2.45) is 0 Å². The van der Waals surface area contributed by atoms with E-state index in [1.165, 1.54) is 12.4 Å². The Morgan fingerprint density at radius 3 is 2.70 bits per heavy atom. The molecule has 1 N–H and O–H groups in total. The van der Waals surface area contributed by atoms with Gasteiger partial charge in [0, 0.05) is 23.3 Å². The van der Waals surface area contributed by atoms with E-state index in [9.17, 15) is 9.59 Å². The van der Waals surface area contributed by atoms with Crippen LogP contribution in [0.15, 0.2) is 65.8 Å². The van der Waals surface area contributed by atoms with E-state index in [1.807, 2.05) is 36.4 Å². The third kappa shape index (κ3) is 3.57. The molecule has 2 amide bonds. The molecule has 1 saturated heterocycles. The minimum Gasteiger partial charge on any atom is -0.267 e. The number of hydrogen-bond donors (Lipinski definition) is 1. The number of aromatic nitrogens is 2. The van der Waals surface area contributed by atoms with Gasteiger partial charge in [0.25, 0.3) is 11.8 Å².